The Kier molecular flexibility index (Phi) is 11.3. The molecule has 0 radical (unpaired) electrons. The molecule has 0 aromatic heterocycles. The molecule has 0 aliphatic rings. The van der Waals surface area contributed by atoms with Crippen LogP contribution in [0.4, 0.5) is 10.5 Å². The third-order valence-electron chi connectivity index (χ3n) is 6.15. The van der Waals surface area contributed by atoms with Gasteiger partial charge in [0.25, 0.3) is 5.91 Å². The minimum atomic E-state index is -1.27. The highest BCUT2D eigenvalue weighted by Gasteiger charge is 2.36. The highest BCUT2D eigenvalue weighted by Crippen LogP contribution is 2.29. The summed E-state index contributed by atoms with van der Waals surface area (Å²) in [5.41, 5.74) is 3.27. The number of para-hydroxylation sites is 1. The molecule has 2 aromatic rings. The molecule has 2 atom stereocenters. The first-order valence-electron chi connectivity index (χ1n) is 13.2. The minimum Gasteiger partial charge on any atom is -0.444 e. The summed E-state index contributed by atoms with van der Waals surface area (Å²) in [5, 5.41) is 15.6. The summed E-state index contributed by atoms with van der Waals surface area (Å²) >= 11 is 0. The monoisotopic (exact) mass is 525 g/mol. The number of alkyl carbamates (subject to hydrolysis) is 1. The first kappa shape index (κ1) is 30.8. The van der Waals surface area contributed by atoms with Gasteiger partial charge in [0.15, 0.2) is 0 Å². The van der Waals surface area contributed by atoms with Crippen molar-refractivity contribution in [3.8, 4) is 0 Å². The molecular weight excluding hydrogens is 482 g/mol. The highest BCUT2D eigenvalue weighted by atomic mass is 16.6. The first-order valence-corrected chi connectivity index (χ1v) is 13.2. The van der Waals surface area contributed by atoms with Gasteiger partial charge in [0.1, 0.15) is 17.7 Å². The van der Waals surface area contributed by atoms with Crippen molar-refractivity contribution in [2.24, 2.45) is 0 Å². The van der Waals surface area contributed by atoms with E-state index in [-0.39, 0.29) is 12.5 Å². The van der Waals surface area contributed by atoms with Gasteiger partial charge in [-0.15, -0.1) is 0 Å². The number of amides is 3. The van der Waals surface area contributed by atoms with Crippen LogP contribution in [-0.4, -0.2) is 52.7 Å². The number of carbonyl (C=O) groups is 3. The van der Waals surface area contributed by atoms with Crippen LogP contribution in [0.5, 0.6) is 0 Å². The Hall–Kier alpha value is -3.39. The molecule has 3 amide bonds. The number of aliphatic hydroxyl groups is 1. The van der Waals surface area contributed by atoms with Crippen molar-refractivity contribution in [2.75, 3.05) is 18.5 Å². The lowest BCUT2D eigenvalue weighted by Crippen LogP contribution is -2.54. The van der Waals surface area contributed by atoms with Crippen molar-refractivity contribution in [2.45, 2.75) is 85.4 Å². The van der Waals surface area contributed by atoms with E-state index >= 15 is 0 Å². The summed E-state index contributed by atoms with van der Waals surface area (Å²) in [6, 6.07) is 11.0. The Morgan fingerprint density at radius 1 is 1.00 bits per heavy atom. The molecule has 0 saturated carbocycles. The van der Waals surface area contributed by atoms with Gasteiger partial charge in [0, 0.05) is 12.2 Å². The Balaban J connectivity index is 2.54. The quantitative estimate of drug-likeness (QED) is 0.350. The zero-order chi connectivity index (χ0) is 28.5. The Morgan fingerprint density at radius 3 is 2.29 bits per heavy atom. The standard InChI is InChI=1S/C30H43N3O5/c1-8-9-12-17-33(28(36)25(19-34)32-29(37)38-30(5,6)7)26(23-18-20(2)15-16-21(23)3)27(35)31-24-14-11-10-13-22(24)4/h10-11,13-16,18,25-26,34H,8-9,12,17,19H2,1-7H3,(H,31,35)(H,32,37). The number of nitrogens with one attached hydrogen (secondary N) is 2. The van der Waals surface area contributed by atoms with Crippen LogP contribution in [0.15, 0.2) is 42.5 Å². The number of aryl methyl sites for hydroxylation is 3. The molecule has 0 bridgehead atoms. The van der Waals surface area contributed by atoms with E-state index in [1.165, 1.54) is 4.90 Å². The SMILES string of the molecule is CCCCCN(C(=O)C(CO)NC(=O)OC(C)(C)C)C(C(=O)Nc1ccccc1C)c1cc(C)ccc1C. The number of hydrogen-bond donors (Lipinski definition) is 3. The molecule has 0 saturated heterocycles. The minimum absolute atomic E-state index is 0.276. The molecule has 8 nitrogen and oxygen atoms in total. The number of rotatable bonds is 11. The lowest BCUT2D eigenvalue weighted by atomic mass is 9.95. The van der Waals surface area contributed by atoms with Crippen LogP contribution in [0.2, 0.25) is 0 Å². The number of ether oxygens (including phenoxy) is 1. The molecule has 0 aliphatic heterocycles. The van der Waals surface area contributed by atoms with Gasteiger partial charge in [-0.05, 0) is 70.7 Å². The summed E-state index contributed by atoms with van der Waals surface area (Å²) in [7, 11) is 0. The van der Waals surface area contributed by atoms with Crippen LogP contribution in [0.3, 0.4) is 0 Å². The van der Waals surface area contributed by atoms with Gasteiger partial charge in [-0.1, -0.05) is 61.7 Å². The van der Waals surface area contributed by atoms with Crippen molar-refractivity contribution in [1.82, 2.24) is 10.2 Å². The number of hydrogen-bond acceptors (Lipinski definition) is 5. The van der Waals surface area contributed by atoms with Crippen molar-refractivity contribution in [1.29, 1.82) is 0 Å². The molecule has 3 N–H and O–H groups in total. The van der Waals surface area contributed by atoms with Gasteiger partial charge >= 0.3 is 6.09 Å². The lowest BCUT2D eigenvalue weighted by Gasteiger charge is -2.35. The van der Waals surface area contributed by atoms with E-state index in [1.54, 1.807) is 20.8 Å². The summed E-state index contributed by atoms with van der Waals surface area (Å²) in [4.78, 5) is 41.8. The fraction of sp³-hybridized carbons (Fsp3) is 0.500. The molecule has 0 aliphatic carbocycles. The Bertz CT molecular complexity index is 1110. The predicted molar refractivity (Wildman–Crippen MR) is 150 cm³/mol. The number of unbranched alkanes of at least 4 members (excludes halogenated alkanes) is 2. The third-order valence-corrected chi connectivity index (χ3v) is 6.15. The average Bonchev–Trinajstić information content (AvgIpc) is 2.84. The Morgan fingerprint density at radius 2 is 1.68 bits per heavy atom. The molecule has 0 spiro atoms. The number of aliphatic hydroxyl groups excluding tert-OH is 1. The zero-order valence-corrected chi connectivity index (χ0v) is 23.8. The molecule has 0 heterocycles. The highest BCUT2D eigenvalue weighted by molar-refractivity contribution is 5.99. The molecule has 2 unspecified atom stereocenters. The maximum atomic E-state index is 13.9. The molecule has 2 rings (SSSR count). The number of benzene rings is 2. The summed E-state index contributed by atoms with van der Waals surface area (Å²) in [6.45, 7) is 12.6. The summed E-state index contributed by atoms with van der Waals surface area (Å²) in [5.74, 6) is -0.924. The second-order valence-electron chi connectivity index (χ2n) is 10.7. The molecule has 2 aromatic carbocycles. The lowest BCUT2D eigenvalue weighted by molar-refractivity contribution is -0.141. The van der Waals surface area contributed by atoms with Crippen LogP contribution in [-0.2, 0) is 14.3 Å². The number of carbonyl (C=O) groups excluding carboxylic acids is 3. The van der Waals surface area contributed by atoms with Crippen molar-refractivity contribution in [3.63, 3.8) is 0 Å². The van der Waals surface area contributed by atoms with E-state index in [0.29, 0.717) is 17.7 Å². The van der Waals surface area contributed by atoms with Gasteiger partial charge in [-0.2, -0.15) is 0 Å². The maximum absolute atomic E-state index is 13.9. The van der Waals surface area contributed by atoms with E-state index in [0.717, 1.165) is 29.5 Å². The normalized spacial score (nSPS) is 12.8. The van der Waals surface area contributed by atoms with Crippen LogP contribution in [0.25, 0.3) is 0 Å². The van der Waals surface area contributed by atoms with Crippen LogP contribution in [0.1, 0.15) is 75.3 Å². The smallest absolute Gasteiger partial charge is 0.408 e. The topological polar surface area (TPSA) is 108 Å². The molecular formula is C30H43N3O5. The summed E-state index contributed by atoms with van der Waals surface area (Å²) < 4.78 is 5.31. The van der Waals surface area contributed by atoms with E-state index in [9.17, 15) is 19.5 Å². The third kappa shape index (κ3) is 8.87. The van der Waals surface area contributed by atoms with E-state index < -0.39 is 36.3 Å². The summed E-state index contributed by atoms with van der Waals surface area (Å²) in [6.07, 6.45) is 1.62. The van der Waals surface area contributed by atoms with Gasteiger partial charge in [0.05, 0.1) is 6.61 Å². The van der Waals surface area contributed by atoms with E-state index in [4.69, 9.17) is 4.74 Å². The number of anilines is 1. The van der Waals surface area contributed by atoms with Gasteiger partial charge in [-0.3, -0.25) is 9.59 Å². The van der Waals surface area contributed by atoms with Gasteiger partial charge < -0.3 is 25.4 Å². The van der Waals surface area contributed by atoms with Crippen molar-refractivity contribution >= 4 is 23.6 Å². The molecule has 0 fully saturated rings. The van der Waals surface area contributed by atoms with Gasteiger partial charge in [-0.25, -0.2) is 4.79 Å². The molecule has 8 heteroatoms. The predicted octanol–water partition coefficient (Wildman–Crippen LogP) is 5.20. The van der Waals surface area contributed by atoms with E-state index in [1.807, 2.05) is 63.2 Å². The average molecular weight is 526 g/mol. The second kappa shape index (κ2) is 14.0. The Labute approximate surface area is 226 Å². The number of nitrogens with zero attached hydrogens (tertiary/aromatic N) is 1. The maximum Gasteiger partial charge on any atom is 0.408 e. The van der Waals surface area contributed by atoms with Crippen LogP contribution < -0.4 is 10.6 Å². The fourth-order valence-corrected chi connectivity index (χ4v) is 4.15. The van der Waals surface area contributed by atoms with Crippen LogP contribution >= 0.6 is 0 Å². The largest absolute Gasteiger partial charge is 0.444 e. The van der Waals surface area contributed by atoms with Crippen molar-refractivity contribution in [3.05, 3.63) is 64.7 Å². The van der Waals surface area contributed by atoms with Crippen molar-refractivity contribution < 1.29 is 24.2 Å². The van der Waals surface area contributed by atoms with Crippen LogP contribution in [0, 0.1) is 20.8 Å². The first-order chi connectivity index (χ1) is 17.9. The van der Waals surface area contributed by atoms with E-state index in [2.05, 4.69) is 17.6 Å². The molecule has 208 valence electrons. The fourth-order valence-electron chi connectivity index (χ4n) is 4.15. The van der Waals surface area contributed by atoms with Gasteiger partial charge in [0.2, 0.25) is 5.91 Å². The zero-order valence-electron chi connectivity index (χ0n) is 23.8. The second-order valence-corrected chi connectivity index (χ2v) is 10.7. The molecule has 38 heavy (non-hydrogen) atoms.